The van der Waals surface area contributed by atoms with Crippen LogP contribution in [0.4, 0.5) is 5.69 Å². The molecule has 0 aliphatic carbocycles. The third-order valence-corrected chi connectivity index (χ3v) is 2.74. The van der Waals surface area contributed by atoms with Crippen molar-refractivity contribution in [2.24, 2.45) is 0 Å². The monoisotopic (exact) mass is 415 g/mol. The van der Waals surface area contributed by atoms with Gasteiger partial charge in [-0.2, -0.15) is 0 Å². The number of benzene rings is 2. The molecular formula is C19H24NO4Rb. The molecule has 0 unspecified atom stereocenters. The minimum Gasteiger partial charge on any atom is -0.621 e. The van der Waals surface area contributed by atoms with Crippen LogP contribution >= 0.6 is 0 Å². The molecule has 0 spiro atoms. The molecule has 0 aromatic heterocycles. The van der Waals surface area contributed by atoms with Gasteiger partial charge in [0.15, 0.2) is 11.5 Å². The smallest absolute Gasteiger partial charge is 0.621 e. The largest absolute Gasteiger partial charge is 1.00 e. The molecule has 0 N–H and O–H groups in total. The molecule has 25 heavy (non-hydrogen) atoms. The predicted molar refractivity (Wildman–Crippen MR) is 95.2 cm³/mol. The van der Waals surface area contributed by atoms with Gasteiger partial charge in [-0.15, -0.1) is 0 Å². The minimum atomic E-state index is -0.219. The van der Waals surface area contributed by atoms with Gasteiger partial charge in [0.05, 0.1) is 5.91 Å². The summed E-state index contributed by atoms with van der Waals surface area (Å²) in [5, 5.41) is 3.78. The van der Waals surface area contributed by atoms with Gasteiger partial charge in [0, 0.05) is 0 Å². The summed E-state index contributed by atoms with van der Waals surface area (Å²) in [6, 6.07) is 14.9. The van der Waals surface area contributed by atoms with Crippen LogP contribution in [0.1, 0.15) is 27.7 Å². The van der Waals surface area contributed by atoms with Gasteiger partial charge < -0.3 is 24.3 Å². The van der Waals surface area contributed by atoms with Crippen molar-refractivity contribution in [2.45, 2.75) is 27.7 Å². The fraction of sp³-hybridized carbons (Fsp3) is 0.316. The summed E-state index contributed by atoms with van der Waals surface area (Å²) in [4.78, 5) is 10.7. The van der Waals surface area contributed by atoms with Gasteiger partial charge in [0.2, 0.25) is 6.79 Å². The Morgan fingerprint density at radius 2 is 1.24 bits per heavy atom. The number of hydrogen-bond donors (Lipinski definition) is 0. The predicted octanol–water partition coefficient (Wildman–Crippen LogP) is 2.08. The van der Waals surface area contributed by atoms with Crippen LogP contribution < -0.4 is 72.4 Å². The van der Waals surface area contributed by atoms with Crippen molar-refractivity contribution in [2.75, 3.05) is 13.4 Å². The number of carbonyl (C=O) groups is 1. The van der Waals surface area contributed by atoms with Crippen molar-refractivity contribution in [3.05, 3.63) is 53.8 Å². The maximum Gasteiger partial charge on any atom is 1.00 e. The average molecular weight is 416 g/mol. The average Bonchev–Trinajstić information content (AvgIpc) is 3.14. The second-order valence-corrected chi connectivity index (χ2v) is 4.12. The van der Waals surface area contributed by atoms with Crippen molar-refractivity contribution >= 4 is 11.6 Å². The molecule has 0 saturated carbocycles. The Bertz CT molecular complexity index is 611. The van der Waals surface area contributed by atoms with E-state index in [0.29, 0.717) is 18.2 Å². The van der Waals surface area contributed by atoms with Crippen LogP contribution in [0.5, 0.6) is 17.2 Å². The van der Waals surface area contributed by atoms with Gasteiger partial charge >= 0.3 is 58.2 Å². The molecule has 4 rings (SSSR count). The summed E-state index contributed by atoms with van der Waals surface area (Å²) in [5.41, 5.74) is 0.628. The number of ether oxygens (including phenoxy) is 3. The number of para-hydroxylation sites is 4. The van der Waals surface area contributed by atoms with Crippen LogP contribution in [0.15, 0.2) is 48.5 Å². The van der Waals surface area contributed by atoms with Crippen LogP contribution in [0.3, 0.4) is 0 Å². The SMILES string of the molecule is CC.CC.O=C1COc2ccccc2[N-]1.[Rb+].c1ccc2c(c1)OCO2. The van der Waals surface area contributed by atoms with Gasteiger partial charge in [-0.25, -0.2) is 0 Å². The number of amides is 1. The maximum atomic E-state index is 10.7. The van der Waals surface area contributed by atoms with E-state index in [2.05, 4.69) is 5.32 Å². The first-order chi connectivity index (χ1) is 11.8. The van der Waals surface area contributed by atoms with Crippen molar-refractivity contribution in [1.82, 2.24) is 0 Å². The molecule has 5 nitrogen and oxygen atoms in total. The van der Waals surface area contributed by atoms with Crippen LogP contribution in [0, 0.1) is 0 Å². The van der Waals surface area contributed by atoms with Crippen LogP contribution in [-0.2, 0) is 4.79 Å². The second kappa shape index (κ2) is 14.3. The molecule has 2 aliphatic rings. The van der Waals surface area contributed by atoms with E-state index in [1.165, 1.54) is 0 Å². The first-order valence-electron chi connectivity index (χ1n) is 8.14. The number of fused-ring (bicyclic) bond motifs is 2. The van der Waals surface area contributed by atoms with E-state index in [1.807, 2.05) is 64.1 Å². The first kappa shape index (κ1) is 24.1. The number of hydrogen-bond acceptors (Lipinski definition) is 4. The standard InChI is InChI=1S/C8H7NO2.C7H6O2.2C2H6.Rb/c10-8-5-11-7-4-2-1-3-6(7)9-8;1-2-4-7-6(3-1)8-5-9-7;2*1-2;/h1-4H,5H2,(H,9,10);1-4H,5H2;2*1-2H3;/q;;;;+1/p-1. The fourth-order valence-corrected chi connectivity index (χ4v) is 1.82. The molecular weight excluding hydrogens is 392 g/mol. The zero-order chi connectivity index (χ0) is 17.8. The van der Waals surface area contributed by atoms with Crippen molar-refractivity contribution in [1.29, 1.82) is 0 Å². The molecule has 2 heterocycles. The van der Waals surface area contributed by atoms with E-state index in [4.69, 9.17) is 14.2 Å². The zero-order valence-corrected chi connectivity index (χ0v) is 20.5. The number of nitrogens with zero attached hydrogens (tertiary/aromatic N) is 1. The van der Waals surface area contributed by atoms with Crippen molar-refractivity contribution < 1.29 is 77.2 Å². The van der Waals surface area contributed by atoms with E-state index in [1.54, 1.807) is 12.1 Å². The Balaban J connectivity index is 0.000000377. The van der Waals surface area contributed by atoms with Crippen LogP contribution in [0.25, 0.3) is 5.32 Å². The van der Waals surface area contributed by atoms with E-state index in [-0.39, 0.29) is 70.7 Å². The van der Waals surface area contributed by atoms with Gasteiger partial charge in [0.1, 0.15) is 12.4 Å². The van der Waals surface area contributed by atoms with Crippen LogP contribution in [-0.4, -0.2) is 19.3 Å². The molecule has 6 heteroatoms. The quantitative estimate of drug-likeness (QED) is 0.661. The Labute approximate surface area is 198 Å². The Hall–Kier alpha value is -0.885. The zero-order valence-electron chi connectivity index (χ0n) is 15.6. The Kier molecular flexibility index (Phi) is 13.8. The topological polar surface area (TPSA) is 58.9 Å². The molecule has 2 aromatic rings. The Morgan fingerprint density at radius 1 is 0.760 bits per heavy atom. The summed E-state index contributed by atoms with van der Waals surface area (Å²) in [6.45, 7) is 8.43. The maximum absolute atomic E-state index is 10.7. The molecule has 0 bridgehead atoms. The molecule has 0 fully saturated rings. The number of carbonyl (C=O) groups excluding carboxylic acids is 1. The van der Waals surface area contributed by atoms with E-state index in [9.17, 15) is 4.79 Å². The molecule has 0 saturated heterocycles. The van der Waals surface area contributed by atoms with Crippen molar-refractivity contribution in [3.8, 4) is 17.2 Å². The van der Waals surface area contributed by atoms with E-state index in [0.717, 1.165) is 11.5 Å². The summed E-state index contributed by atoms with van der Waals surface area (Å²) in [5.74, 6) is 2.16. The summed E-state index contributed by atoms with van der Waals surface area (Å²) in [7, 11) is 0. The molecule has 1 amide bonds. The summed E-state index contributed by atoms with van der Waals surface area (Å²) in [6.07, 6.45) is 0. The number of rotatable bonds is 0. The third kappa shape index (κ3) is 7.90. The van der Waals surface area contributed by atoms with Crippen molar-refractivity contribution in [3.63, 3.8) is 0 Å². The van der Waals surface area contributed by atoms with Gasteiger partial charge in [-0.3, -0.25) is 0 Å². The molecule has 2 aromatic carbocycles. The second-order valence-electron chi connectivity index (χ2n) is 4.12. The van der Waals surface area contributed by atoms with E-state index >= 15 is 0 Å². The van der Waals surface area contributed by atoms with Gasteiger partial charge in [-0.1, -0.05) is 63.7 Å². The summed E-state index contributed by atoms with van der Waals surface area (Å²) < 4.78 is 15.2. The third-order valence-electron chi connectivity index (χ3n) is 2.74. The molecule has 130 valence electrons. The first-order valence-corrected chi connectivity index (χ1v) is 8.14. The molecule has 0 radical (unpaired) electrons. The minimum absolute atomic E-state index is 0. The van der Waals surface area contributed by atoms with Gasteiger partial charge in [-0.05, 0) is 18.2 Å². The normalized spacial score (nSPS) is 11.9. The summed E-state index contributed by atoms with van der Waals surface area (Å²) >= 11 is 0. The van der Waals surface area contributed by atoms with Gasteiger partial charge in [0.25, 0.3) is 0 Å². The Morgan fingerprint density at radius 3 is 1.80 bits per heavy atom. The van der Waals surface area contributed by atoms with E-state index < -0.39 is 0 Å². The van der Waals surface area contributed by atoms with Crippen LogP contribution in [0.2, 0.25) is 0 Å². The molecule has 0 atom stereocenters. The molecule has 2 aliphatic heterocycles. The fourth-order valence-electron chi connectivity index (χ4n) is 1.82.